The lowest BCUT2D eigenvalue weighted by atomic mass is 9.81. The van der Waals surface area contributed by atoms with Gasteiger partial charge in [0.25, 0.3) is 0 Å². The quantitative estimate of drug-likeness (QED) is 0.790. The van der Waals surface area contributed by atoms with Gasteiger partial charge >= 0.3 is 0 Å². The summed E-state index contributed by atoms with van der Waals surface area (Å²) in [6.07, 6.45) is 3.07. The Balaban J connectivity index is 1.46. The molecule has 2 bridgehead atoms. The number of aromatic nitrogens is 2. The minimum Gasteiger partial charge on any atom is -0.373 e. The number of nitrogens with zero attached hydrogens (tertiary/aromatic N) is 3. The molecule has 2 aromatic rings. The van der Waals surface area contributed by atoms with Crippen molar-refractivity contribution in [2.75, 3.05) is 4.90 Å². The van der Waals surface area contributed by atoms with Crippen LogP contribution in [0.2, 0.25) is 5.02 Å². The number of benzene rings is 1. The van der Waals surface area contributed by atoms with Crippen LogP contribution in [0.3, 0.4) is 0 Å². The van der Waals surface area contributed by atoms with E-state index in [2.05, 4.69) is 5.10 Å². The van der Waals surface area contributed by atoms with E-state index >= 15 is 0 Å². The monoisotopic (exact) mass is 357 g/mol. The van der Waals surface area contributed by atoms with Crippen molar-refractivity contribution in [3.8, 4) is 0 Å². The third kappa shape index (κ3) is 2.17. The Morgan fingerprint density at radius 2 is 1.72 bits per heavy atom. The SMILES string of the molecule is O=C1[C@@H]2[C@H](C(=O)N1c1nn(Cc3ccccc3)cc1Cl)[C@H]1CC[C@@H]2O1. The average molecular weight is 358 g/mol. The fourth-order valence-electron chi connectivity index (χ4n) is 4.31. The smallest absolute Gasteiger partial charge is 0.241 e. The Kier molecular flexibility index (Phi) is 3.27. The Hall–Kier alpha value is -2.18. The number of fused-ring (bicyclic) bond motifs is 5. The van der Waals surface area contributed by atoms with Gasteiger partial charge in [0.05, 0.1) is 30.6 Å². The summed E-state index contributed by atoms with van der Waals surface area (Å²) in [5.74, 6) is -0.965. The second-order valence-corrected chi connectivity index (χ2v) is 7.24. The summed E-state index contributed by atoms with van der Waals surface area (Å²) in [6.45, 7) is 0.526. The fraction of sp³-hybridized carbons (Fsp3) is 0.389. The van der Waals surface area contributed by atoms with Gasteiger partial charge in [0.2, 0.25) is 11.8 Å². The summed E-state index contributed by atoms with van der Waals surface area (Å²) in [5.41, 5.74) is 1.07. The summed E-state index contributed by atoms with van der Waals surface area (Å²) in [7, 11) is 0. The van der Waals surface area contributed by atoms with E-state index in [4.69, 9.17) is 16.3 Å². The van der Waals surface area contributed by atoms with Gasteiger partial charge in [0.15, 0.2) is 5.82 Å². The van der Waals surface area contributed by atoms with Gasteiger partial charge in [-0.25, -0.2) is 4.90 Å². The lowest BCUT2D eigenvalue weighted by molar-refractivity contribution is -0.124. The molecule has 25 heavy (non-hydrogen) atoms. The zero-order chi connectivity index (χ0) is 17.1. The standard InChI is InChI=1S/C18H16ClN3O3/c19-11-9-21(8-10-4-2-1-3-5-10)20-16(11)22-17(23)14-12-6-7-13(25-12)15(14)18(22)24/h1-5,9,12-15H,6-8H2/t12-,13+,14-,15+. The Bertz CT molecular complexity index is 838. The molecule has 0 spiro atoms. The van der Waals surface area contributed by atoms with E-state index in [0.717, 1.165) is 18.4 Å². The van der Waals surface area contributed by atoms with Crippen molar-refractivity contribution in [3.05, 3.63) is 47.1 Å². The molecule has 128 valence electrons. The summed E-state index contributed by atoms with van der Waals surface area (Å²) in [5, 5.41) is 4.72. The highest BCUT2D eigenvalue weighted by Crippen LogP contribution is 2.49. The van der Waals surface area contributed by atoms with E-state index < -0.39 is 0 Å². The highest BCUT2D eigenvalue weighted by atomic mass is 35.5. The van der Waals surface area contributed by atoms with Crippen molar-refractivity contribution in [2.24, 2.45) is 11.8 Å². The van der Waals surface area contributed by atoms with Crippen LogP contribution < -0.4 is 4.90 Å². The molecule has 0 unspecified atom stereocenters. The first-order chi connectivity index (χ1) is 12.1. The normalized spacial score (nSPS) is 30.4. The number of carbonyl (C=O) groups is 2. The summed E-state index contributed by atoms with van der Waals surface area (Å²) in [4.78, 5) is 26.8. The molecule has 1 aromatic carbocycles. The molecule has 0 aliphatic carbocycles. The molecule has 3 saturated heterocycles. The van der Waals surface area contributed by atoms with Crippen LogP contribution in [0.1, 0.15) is 18.4 Å². The first kappa shape index (κ1) is 15.1. The van der Waals surface area contributed by atoms with E-state index in [1.807, 2.05) is 30.3 Å². The number of ether oxygens (including phenoxy) is 1. The molecular weight excluding hydrogens is 342 g/mol. The maximum Gasteiger partial charge on any atom is 0.241 e. The van der Waals surface area contributed by atoms with E-state index in [1.54, 1.807) is 10.9 Å². The highest BCUT2D eigenvalue weighted by Gasteiger charge is 2.63. The van der Waals surface area contributed by atoms with Crippen LogP contribution in [0.4, 0.5) is 5.82 Å². The molecule has 4 atom stereocenters. The van der Waals surface area contributed by atoms with E-state index in [1.165, 1.54) is 4.90 Å². The molecule has 4 heterocycles. The van der Waals surface area contributed by atoms with Crippen LogP contribution in [0, 0.1) is 11.8 Å². The number of hydrogen-bond donors (Lipinski definition) is 0. The van der Waals surface area contributed by atoms with Gasteiger partial charge in [-0.1, -0.05) is 41.9 Å². The van der Waals surface area contributed by atoms with Crippen molar-refractivity contribution in [3.63, 3.8) is 0 Å². The van der Waals surface area contributed by atoms with E-state index in [-0.39, 0.29) is 41.7 Å². The predicted octanol–water partition coefficient (Wildman–Crippen LogP) is 2.25. The molecule has 5 rings (SSSR count). The molecule has 3 aliphatic rings. The largest absolute Gasteiger partial charge is 0.373 e. The van der Waals surface area contributed by atoms with Gasteiger partial charge in [-0.3, -0.25) is 14.3 Å². The van der Waals surface area contributed by atoms with Crippen molar-refractivity contribution in [1.29, 1.82) is 0 Å². The zero-order valence-corrected chi connectivity index (χ0v) is 14.1. The van der Waals surface area contributed by atoms with Gasteiger partial charge in [-0.05, 0) is 18.4 Å². The van der Waals surface area contributed by atoms with Gasteiger partial charge in [-0.15, -0.1) is 0 Å². The number of halogens is 1. The van der Waals surface area contributed by atoms with Crippen LogP contribution in [0.5, 0.6) is 0 Å². The van der Waals surface area contributed by atoms with Crippen LogP contribution in [-0.2, 0) is 20.9 Å². The molecule has 3 fully saturated rings. The molecule has 1 aromatic heterocycles. The van der Waals surface area contributed by atoms with Crippen molar-refractivity contribution < 1.29 is 14.3 Å². The first-order valence-corrected chi connectivity index (χ1v) is 8.81. The average Bonchev–Trinajstić information content (AvgIpc) is 3.34. The number of anilines is 1. The molecule has 3 aliphatic heterocycles. The number of amides is 2. The minimum atomic E-state index is -0.374. The second-order valence-electron chi connectivity index (χ2n) is 6.84. The molecule has 6 nitrogen and oxygen atoms in total. The summed E-state index contributed by atoms with van der Waals surface area (Å²) in [6, 6.07) is 9.82. The molecule has 2 amide bonds. The Labute approximate surface area is 149 Å². The third-order valence-corrected chi connectivity index (χ3v) is 5.65. The molecular formula is C18H16ClN3O3. The van der Waals surface area contributed by atoms with Crippen molar-refractivity contribution >= 4 is 29.2 Å². The number of imide groups is 1. The molecule has 0 N–H and O–H groups in total. The van der Waals surface area contributed by atoms with Crippen LogP contribution in [0.25, 0.3) is 0 Å². The van der Waals surface area contributed by atoms with Crippen LogP contribution in [0.15, 0.2) is 36.5 Å². The highest BCUT2D eigenvalue weighted by molar-refractivity contribution is 6.35. The van der Waals surface area contributed by atoms with Crippen LogP contribution in [-0.4, -0.2) is 33.8 Å². The van der Waals surface area contributed by atoms with Gasteiger partial charge in [0.1, 0.15) is 5.02 Å². The molecule has 7 heteroatoms. The second kappa shape index (κ2) is 5.41. The van der Waals surface area contributed by atoms with E-state index in [0.29, 0.717) is 11.6 Å². The van der Waals surface area contributed by atoms with E-state index in [9.17, 15) is 9.59 Å². The van der Waals surface area contributed by atoms with Gasteiger partial charge in [0, 0.05) is 6.20 Å². The van der Waals surface area contributed by atoms with Crippen LogP contribution >= 0.6 is 11.6 Å². The summed E-state index contributed by atoms with van der Waals surface area (Å²) < 4.78 is 7.41. The minimum absolute atomic E-state index is 0.137. The lowest BCUT2D eigenvalue weighted by Crippen LogP contribution is -2.34. The Morgan fingerprint density at radius 3 is 2.36 bits per heavy atom. The molecule has 0 saturated carbocycles. The van der Waals surface area contributed by atoms with Gasteiger partial charge < -0.3 is 4.74 Å². The van der Waals surface area contributed by atoms with Crippen molar-refractivity contribution in [2.45, 2.75) is 31.6 Å². The molecule has 0 radical (unpaired) electrons. The third-order valence-electron chi connectivity index (χ3n) is 5.38. The van der Waals surface area contributed by atoms with Crippen molar-refractivity contribution in [1.82, 2.24) is 9.78 Å². The fourth-order valence-corrected chi connectivity index (χ4v) is 4.55. The number of hydrogen-bond acceptors (Lipinski definition) is 4. The summed E-state index contributed by atoms with van der Waals surface area (Å²) >= 11 is 6.31. The number of rotatable bonds is 3. The maximum atomic E-state index is 12.8. The lowest BCUT2D eigenvalue weighted by Gasteiger charge is -2.15. The van der Waals surface area contributed by atoms with Gasteiger partial charge in [-0.2, -0.15) is 5.10 Å². The first-order valence-electron chi connectivity index (χ1n) is 8.43. The Morgan fingerprint density at radius 1 is 1.08 bits per heavy atom. The maximum absolute atomic E-state index is 12.8. The number of carbonyl (C=O) groups excluding carboxylic acids is 2. The predicted molar refractivity (Wildman–Crippen MR) is 90.1 cm³/mol. The topological polar surface area (TPSA) is 64.4 Å². The zero-order valence-electron chi connectivity index (χ0n) is 13.3.